The maximum absolute atomic E-state index is 11.4. The average molecular weight is 319 g/mol. The van der Waals surface area contributed by atoms with Gasteiger partial charge < -0.3 is 10.4 Å². The zero-order valence-corrected chi connectivity index (χ0v) is 14.3. The number of hydrogen-bond acceptors (Lipinski definition) is 3. The normalized spacial score (nSPS) is 10.8. The van der Waals surface area contributed by atoms with Crippen molar-refractivity contribution >= 4 is 23.7 Å². The number of carboxylic acids is 1. The lowest BCUT2D eigenvalue weighted by molar-refractivity contribution is -0.135. The number of rotatable bonds is 5. The molecule has 0 saturated heterocycles. The number of nitrogens with one attached hydrogen (secondary N) is 1. The summed E-state index contributed by atoms with van der Waals surface area (Å²) in [4.78, 5) is 32.6. The van der Waals surface area contributed by atoms with Crippen LogP contribution in [0, 0.1) is 11.8 Å². The number of carbonyl (C=O) groups excluding carboxylic acids is 2. The molecule has 0 atom stereocenters. The van der Waals surface area contributed by atoms with Crippen LogP contribution in [-0.4, -0.2) is 22.8 Å². The number of carbonyl (C=O) groups is 3. The Balaban J connectivity index is 0.000000688. The Morgan fingerprint density at radius 1 is 1.00 bits per heavy atom. The molecule has 5 heteroatoms. The van der Waals surface area contributed by atoms with Crippen LogP contribution in [0.4, 0.5) is 0 Å². The van der Waals surface area contributed by atoms with E-state index >= 15 is 0 Å². The van der Waals surface area contributed by atoms with Gasteiger partial charge in [-0.05, 0) is 18.6 Å². The smallest absolute Gasteiger partial charge is 0.352 e. The van der Waals surface area contributed by atoms with Crippen molar-refractivity contribution in [3.63, 3.8) is 0 Å². The lowest BCUT2D eigenvalue weighted by Gasteiger charge is -2.08. The van der Waals surface area contributed by atoms with Crippen LogP contribution >= 0.6 is 0 Å². The number of Topliss-reactive ketones (excluding diaryl/α,β-unsaturated/α-hetero) is 1. The summed E-state index contributed by atoms with van der Waals surface area (Å²) in [5.74, 6) is -1.24. The van der Waals surface area contributed by atoms with Gasteiger partial charge >= 0.3 is 5.97 Å². The van der Waals surface area contributed by atoms with E-state index in [0.717, 1.165) is 5.56 Å². The summed E-state index contributed by atoms with van der Waals surface area (Å²) in [6, 6.07) is 8.98. The van der Waals surface area contributed by atoms with Crippen LogP contribution < -0.4 is 5.32 Å². The van der Waals surface area contributed by atoms with Crippen molar-refractivity contribution in [2.45, 2.75) is 34.6 Å². The Hall–Kier alpha value is -2.43. The highest BCUT2D eigenvalue weighted by Gasteiger charge is 2.13. The molecule has 1 amide bonds. The lowest BCUT2D eigenvalue weighted by Crippen LogP contribution is -2.30. The highest BCUT2D eigenvalue weighted by atomic mass is 16.4. The van der Waals surface area contributed by atoms with Gasteiger partial charge in [0.1, 0.15) is 11.5 Å². The SMILES string of the molecule is CC(=O)C(C)C.CC(C)C(=O)N/C(=C/c1ccccc1)C(=O)O. The molecule has 0 heterocycles. The summed E-state index contributed by atoms with van der Waals surface area (Å²) in [6.07, 6.45) is 1.43. The lowest BCUT2D eigenvalue weighted by atomic mass is 10.1. The second-order valence-corrected chi connectivity index (χ2v) is 5.68. The quantitative estimate of drug-likeness (QED) is 0.817. The summed E-state index contributed by atoms with van der Waals surface area (Å²) < 4.78 is 0. The number of carboxylic acid groups (broad SMARTS) is 1. The van der Waals surface area contributed by atoms with Crippen LogP contribution in [0.1, 0.15) is 40.2 Å². The van der Waals surface area contributed by atoms with Gasteiger partial charge in [-0.15, -0.1) is 0 Å². The summed E-state index contributed by atoms with van der Waals surface area (Å²) in [5, 5.41) is 11.4. The first-order valence-electron chi connectivity index (χ1n) is 7.46. The van der Waals surface area contributed by atoms with Crippen LogP contribution in [0.15, 0.2) is 36.0 Å². The predicted octanol–water partition coefficient (Wildman–Crippen LogP) is 3.12. The molecule has 0 unspecified atom stereocenters. The maximum atomic E-state index is 11.4. The second kappa shape index (κ2) is 10.3. The van der Waals surface area contributed by atoms with Crippen LogP contribution in [0.2, 0.25) is 0 Å². The molecular weight excluding hydrogens is 294 g/mol. The molecule has 0 spiro atoms. The van der Waals surface area contributed by atoms with Gasteiger partial charge in [0.25, 0.3) is 0 Å². The van der Waals surface area contributed by atoms with Gasteiger partial charge in [-0.2, -0.15) is 0 Å². The van der Waals surface area contributed by atoms with E-state index in [1.54, 1.807) is 45.0 Å². The first kappa shape index (κ1) is 20.6. The minimum absolute atomic E-state index is 0.116. The largest absolute Gasteiger partial charge is 0.477 e. The van der Waals surface area contributed by atoms with E-state index in [9.17, 15) is 14.4 Å². The molecule has 0 fully saturated rings. The summed E-state index contributed by atoms with van der Waals surface area (Å²) in [5.41, 5.74) is 0.615. The van der Waals surface area contributed by atoms with Crippen molar-refractivity contribution in [3.8, 4) is 0 Å². The fourth-order valence-corrected chi connectivity index (χ4v) is 1.14. The Bertz CT molecular complexity index is 560. The number of ketones is 1. The Morgan fingerprint density at radius 2 is 1.48 bits per heavy atom. The Kier molecular flexibility index (Phi) is 9.23. The third kappa shape index (κ3) is 9.24. The molecule has 23 heavy (non-hydrogen) atoms. The maximum Gasteiger partial charge on any atom is 0.352 e. The summed E-state index contributed by atoms with van der Waals surface area (Å²) >= 11 is 0. The molecule has 126 valence electrons. The highest BCUT2D eigenvalue weighted by molar-refractivity contribution is 5.97. The number of aliphatic carboxylic acids is 1. The fraction of sp³-hybridized carbons (Fsp3) is 0.389. The van der Waals surface area contributed by atoms with E-state index < -0.39 is 5.97 Å². The van der Waals surface area contributed by atoms with Crippen LogP contribution in [0.3, 0.4) is 0 Å². The number of hydrogen-bond donors (Lipinski definition) is 2. The zero-order chi connectivity index (χ0) is 18.0. The van der Waals surface area contributed by atoms with Crippen molar-refractivity contribution < 1.29 is 19.5 Å². The van der Waals surface area contributed by atoms with Crippen molar-refractivity contribution in [1.82, 2.24) is 5.32 Å². The molecule has 1 aromatic carbocycles. The van der Waals surface area contributed by atoms with Crippen LogP contribution in [0.25, 0.3) is 6.08 Å². The standard InChI is InChI=1S/C13H15NO3.C5H10O/c1-9(2)12(15)14-11(13(16)17)8-10-6-4-3-5-7-10;1-4(2)5(3)6/h3-9H,1-2H3,(H,14,15)(H,16,17);4H,1-3H3/b11-8+;. The van der Waals surface area contributed by atoms with Gasteiger partial charge in [0, 0.05) is 11.8 Å². The number of benzene rings is 1. The Morgan fingerprint density at radius 3 is 1.83 bits per heavy atom. The van der Waals surface area contributed by atoms with Gasteiger partial charge in [-0.1, -0.05) is 58.0 Å². The van der Waals surface area contributed by atoms with Gasteiger partial charge in [0.05, 0.1) is 0 Å². The number of amides is 1. The van der Waals surface area contributed by atoms with Crippen LogP contribution in [0.5, 0.6) is 0 Å². The van der Waals surface area contributed by atoms with E-state index in [1.165, 1.54) is 6.08 Å². The summed E-state index contributed by atoms with van der Waals surface area (Å²) in [7, 11) is 0. The minimum atomic E-state index is -1.15. The average Bonchev–Trinajstić information content (AvgIpc) is 2.47. The molecule has 0 aliphatic rings. The zero-order valence-electron chi connectivity index (χ0n) is 14.3. The monoisotopic (exact) mass is 319 g/mol. The molecule has 0 saturated carbocycles. The van der Waals surface area contributed by atoms with E-state index in [2.05, 4.69) is 5.32 Å². The molecule has 5 nitrogen and oxygen atoms in total. The van der Waals surface area contributed by atoms with E-state index in [-0.39, 0.29) is 29.2 Å². The molecule has 1 aromatic rings. The van der Waals surface area contributed by atoms with Gasteiger partial charge in [-0.25, -0.2) is 4.79 Å². The van der Waals surface area contributed by atoms with Crippen molar-refractivity contribution in [2.75, 3.05) is 0 Å². The molecule has 0 bridgehead atoms. The third-order valence-corrected chi connectivity index (χ3v) is 2.94. The first-order chi connectivity index (χ1) is 10.6. The predicted molar refractivity (Wildman–Crippen MR) is 90.6 cm³/mol. The van der Waals surface area contributed by atoms with Gasteiger partial charge in [0.15, 0.2) is 0 Å². The van der Waals surface area contributed by atoms with Gasteiger partial charge in [0.2, 0.25) is 5.91 Å². The van der Waals surface area contributed by atoms with Crippen molar-refractivity contribution in [3.05, 3.63) is 41.6 Å². The Labute approximate surface area is 137 Å². The van der Waals surface area contributed by atoms with Gasteiger partial charge in [-0.3, -0.25) is 9.59 Å². The highest BCUT2D eigenvalue weighted by Crippen LogP contribution is 2.06. The topological polar surface area (TPSA) is 83.5 Å². The molecule has 1 rings (SSSR count). The second-order valence-electron chi connectivity index (χ2n) is 5.68. The first-order valence-corrected chi connectivity index (χ1v) is 7.46. The molecule has 0 aliphatic heterocycles. The van der Waals surface area contributed by atoms with E-state index in [1.807, 2.05) is 19.9 Å². The van der Waals surface area contributed by atoms with Crippen molar-refractivity contribution in [2.24, 2.45) is 11.8 Å². The fourth-order valence-electron chi connectivity index (χ4n) is 1.14. The molecule has 0 radical (unpaired) electrons. The molecule has 0 aliphatic carbocycles. The summed E-state index contributed by atoms with van der Waals surface area (Å²) in [6.45, 7) is 8.80. The van der Waals surface area contributed by atoms with E-state index in [4.69, 9.17) is 5.11 Å². The molecule has 2 N–H and O–H groups in total. The van der Waals surface area contributed by atoms with Crippen LogP contribution in [-0.2, 0) is 14.4 Å². The molecular formula is C18H25NO4. The van der Waals surface area contributed by atoms with E-state index in [0.29, 0.717) is 0 Å². The molecule has 0 aromatic heterocycles. The third-order valence-electron chi connectivity index (χ3n) is 2.94. The van der Waals surface area contributed by atoms with Crippen molar-refractivity contribution in [1.29, 1.82) is 0 Å². The minimum Gasteiger partial charge on any atom is -0.477 e.